The van der Waals surface area contributed by atoms with Crippen LogP contribution in [-0.2, 0) is 0 Å². The first-order chi connectivity index (χ1) is 8.91. The molecule has 1 heterocycles. The summed E-state index contributed by atoms with van der Waals surface area (Å²) in [5.74, 6) is -0.256. The fourth-order valence-corrected chi connectivity index (χ4v) is 1.87. The van der Waals surface area contributed by atoms with Gasteiger partial charge in [0.1, 0.15) is 5.69 Å². The number of rotatable bonds is 3. The minimum Gasteiger partial charge on any atom is -0.293 e. The van der Waals surface area contributed by atoms with Crippen molar-refractivity contribution in [3.8, 4) is 5.69 Å². The lowest BCUT2D eigenvalue weighted by molar-refractivity contribution is -0.384. The van der Waals surface area contributed by atoms with E-state index in [4.69, 9.17) is 11.6 Å². The number of Topliss-reactive ketones (excluding diaryl/α,β-unsaturated/α-hetero) is 1. The van der Waals surface area contributed by atoms with Crippen LogP contribution in [0.4, 0.5) is 5.69 Å². The van der Waals surface area contributed by atoms with Gasteiger partial charge in [-0.3, -0.25) is 14.9 Å². The Morgan fingerprint density at radius 2 is 2.16 bits per heavy atom. The van der Waals surface area contributed by atoms with E-state index in [0.717, 1.165) is 0 Å². The molecule has 0 atom stereocenters. The lowest BCUT2D eigenvalue weighted by Gasteiger charge is -2.05. The largest absolute Gasteiger partial charge is 0.295 e. The van der Waals surface area contributed by atoms with E-state index in [1.807, 2.05) is 0 Å². The van der Waals surface area contributed by atoms with Crippen LogP contribution in [0.3, 0.4) is 0 Å². The third-order valence-corrected chi connectivity index (χ3v) is 2.83. The number of halogens is 1. The quantitative estimate of drug-likeness (QED) is 0.489. The summed E-state index contributed by atoms with van der Waals surface area (Å²) in [7, 11) is 0. The molecule has 7 nitrogen and oxygen atoms in total. The number of hydrogen-bond donors (Lipinski definition) is 0. The highest BCUT2D eigenvalue weighted by Crippen LogP contribution is 2.27. The van der Waals surface area contributed by atoms with Gasteiger partial charge in [0.05, 0.1) is 10.6 Å². The topological polar surface area (TPSA) is 90.9 Å². The van der Waals surface area contributed by atoms with Crippen molar-refractivity contribution in [1.29, 1.82) is 0 Å². The molecule has 8 heteroatoms. The van der Waals surface area contributed by atoms with Gasteiger partial charge in [-0.25, -0.2) is 4.68 Å². The molecular formula is C11H9ClN4O3. The number of carbonyl (C=O) groups is 1. The van der Waals surface area contributed by atoms with E-state index < -0.39 is 4.92 Å². The molecule has 2 aromatic rings. The highest BCUT2D eigenvalue weighted by Gasteiger charge is 2.21. The normalized spacial score (nSPS) is 10.5. The number of nitro groups is 1. The predicted octanol–water partition coefficient (Wildman–Crippen LogP) is 2.34. The van der Waals surface area contributed by atoms with Crippen LogP contribution in [0, 0.1) is 17.0 Å². The first kappa shape index (κ1) is 13.2. The van der Waals surface area contributed by atoms with Gasteiger partial charge in [0.15, 0.2) is 11.5 Å². The zero-order valence-corrected chi connectivity index (χ0v) is 10.9. The molecule has 0 bridgehead atoms. The molecular weight excluding hydrogens is 272 g/mol. The van der Waals surface area contributed by atoms with Crippen LogP contribution in [0.15, 0.2) is 18.2 Å². The van der Waals surface area contributed by atoms with Gasteiger partial charge in [-0.1, -0.05) is 16.8 Å². The Balaban J connectivity index is 2.68. The van der Waals surface area contributed by atoms with Crippen LogP contribution < -0.4 is 0 Å². The summed E-state index contributed by atoms with van der Waals surface area (Å²) < 4.78 is 1.24. The van der Waals surface area contributed by atoms with Gasteiger partial charge >= 0.3 is 0 Å². The molecule has 0 unspecified atom stereocenters. The van der Waals surface area contributed by atoms with E-state index in [9.17, 15) is 14.9 Å². The number of benzene rings is 1. The zero-order valence-electron chi connectivity index (χ0n) is 10.1. The number of nitrogens with zero attached hydrogens (tertiary/aromatic N) is 4. The van der Waals surface area contributed by atoms with Gasteiger partial charge in [-0.05, 0) is 19.1 Å². The summed E-state index contributed by atoms with van der Waals surface area (Å²) in [6.07, 6.45) is 0. The maximum absolute atomic E-state index is 11.3. The minimum absolute atomic E-state index is 0.160. The van der Waals surface area contributed by atoms with E-state index in [-0.39, 0.29) is 22.9 Å². The average molecular weight is 281 g/mol. The molecule has 0 amide bonds. The lowest BCUT2D eigenvalue weighted by Crippen LogP contribution is -2.04. The molecule has 0 aliphatic carbocycles. The molecule has 1 aromatic carbocycles. The summed E-state index contributed by atoms with van der Waals surface area (Å²) in [6, 6.07) is 4.11. The van der Waals surface area contributed by atoms with Crippen molar-refractivity contribution in [1.82, 2.24) is 15.0 Å². The SMILES string of the molecule is CC(=O)c1nnn(-c2cc(Cl)ccc2[N+](=O)[O-])c1C. The second-order valence-electron chi connectivity index (χ2n) is 3.88. The maximum atomic E-state index is 11.3. The van der Waals surface area contributed by atoms with Crippen LogP contribution in [-0.4, -0.2) is 25.7 Å². The van der Waals surface area contributed by atoms with E-state index >= 15 is 0 Å². The Morgan fingerprint density at radius 3 is 2.68 bits per heavy atom. The van der Waals surface area contributed by atoms with Crippen molar-refractivity contribution in [2.24, 2.45) is 0 Å². The van der Waals surface area contributed by atoms with Gasteiger partial charge in [-0.2, -0.15) is 0 Å². The third-order valence-electron chi connectivity index (χ3n) is 2.59. The molecule has 1 aromatic heterocycles. The molecule has 0 radical (unpaired) electrons. The first-order valence-corrected chi connectivity index (χ1v) is 5.67. The van der Waals surface area contributed by atoms with Crippen LogP contribution in [0.1, 0.15) is 23.1 Å². The van der Waals surface area contributed by atoms with E-state index in [1.165, 1.54) is 29.8 Å². The van der Waals surface area contributed by atoms with Crippen LogP contribution >= 0.6 is 11.6 Å². The summed E-state index contributed by atoms with van der Waals surface area (Å²) >= 11 is 5.84. The molecule has 0 fully saturated rings. The highest BCUT2D eigenvalue weighted by molar-refractivity contribution is 6.30. The van der Waals surface area contributed by atoms with Crippen LogP contribution in [0.2, 0.25) is 5.02 Å². The fraction of sp³-hybridized carbons (Fsp3) is 0.182. The van der Waals surface area contributed by atoms with Gasteiger partial charge in [0, 0.05) is 18.0 Å². The molecule has 0 saturated carbocycles. The summed E-state index contributed by atoms with van der Waals surface area (Å²) in [5, 5.41) is 18.8. The Kier molecular flexibility index (Phi) is 3.30. The molecule has 19 heavy (non-hydrogen) atoms. The van der Waals surface area contributed by atoms with Crippen LogP contribution in [0.25, 0.3) is 5.69 Å². The van der Waals surface area contributed by atoms with Crippen molar-refractivity contribution >= 4 is 23.1 Å². The second kappa shape index (κ2) is 4.77. The second-order valence-corrected chi connectivity index (χ2v) is 4.32. The summed E-state index contributed by atoms with van der Waals surface area (Å²) in [4.78, 5) is 21.8. The number of carbonyl (C=O) groups excluding carboxylic acids is 1. The van der Waals surface area contributed by atoms with Gasteiger partial charge in [-0.15, -0.1) is 5.10 Å². The molecule has 0 saturated heterocycles. The molecule has 0 spiro atoms. The number of nitro benzene ring substituents is 1. The van der Waals surface area contributed by atoms with Crippen molar-refractivity contribution in [3.63, 3.8) is 0 Å². The predicted molar refractivity (Wildman–Crippen MR) is 67.8 cm³/mol. The maximum Gasteiger partial charge on any atom is 0.295 e. The number of aromatic nitrogens is 3. The fourth-order valence-electron chi connectivity index (χ4n) is 1.70. The smallest absolute Gasteiger partial charge is 0.293 e. The van der Waals surface area contributed by atoms with Crippen LogP contribution in [0.5, 0.6) is 0 Å². The standard InChI is InChI=1S/C11H9ClN4O3/c1-6-11(7(2)17)13-14-15(6)10-5-8(12)3-4-9(10)16(18)19/h3-5H,1-2H3. The summed E-state index contributed by atoms with van der Waals surface area (Å²) in [6.45, 7) is 2.97. The Bertz CT molecular complexity index is 681. The van der Waals surface area contributed by atoms with Crippen molar-refractivity contribution in [3.05, 3.63) is 44.7 Å². The molecule has 0 aliphatic rings. The van der Waals surface area contributed by atoms with Gasteiger partial charge in [0.25, 0.3) is 5.69 Å². The monoisotopic (exact) mass is 280 g/mol. The zero-order chi connectivity index (χ0) is 14.2. The molecule has 2 rings (SSSR count). The average Bonchev–Trinajstić information content (AvgIpc) is 2.70. The van der Waals surface area contributed by atoms with Crippen molar-refractivity contribution in [2.45, 2.75) is 13.8 Å². The minimum atomic E-state index is -0.541. The summed E-state index contributed by atoms with van der Waals surface area (Å²) in [5.41, 5.74) is 0.620. The molecule has 0 aliphatic heterocycles. The van der Waals surface area contributed by atoms with E-state index in [1.54, 1.807) is 6.92 Å². The Labute approximate surface area is 112 Å². The third kappa shape index (κ3) is 2.32. The van der Waals surface area contributed by atoms with Gasteiger partial charge < -0.3 is 0 Å². The molecule has 0 N–H and O–H groups in total. The van der Waals surface area contributed by atoms with E-state index in [2.05, 4.69) is 10.3 Å². The Morgan fingerprint density at radius 1 is 1.47 bits per heavy atom. The highest BCUT2D eigenvalue weighted by atomic mass is 35.5. The van der Waals surface area contributed by atoms with Gasteiger partial charge in [0.2, 0.25) is 0 Å². The number of hydrogen-bond acceptors (Lipinski definition) is 5. The van der Waals surface area contributed by atoms with Crippen molar-refractivity contribution < 1.29 is 9.72 Å². The number of ketones is 1. The Hall–Kier alpha value is -2.28. The van der Waals surface area contributed by atoms with E-state index in [0.29, 0.717) is 10.7 Å². The first-order valence-electron chi connectivity index (χ1n) is 5.29. The lowest BCUT2D eigenvalue weighted by atomic mass is 10.2. The van der Waals surface area contributed by atoms with Crippen molar-refractivity contribution in [2.75, 3.05) is 0 Å². The molecule has 98 valence electrons.